The summed E-state index contributed by atoms with van der Waals surface area (Å²) in [5, 5.41) is 16.1. The van der Waals surface area contributed by atoms with Crippen LogP contribution in [-0.4, -0.2) is 35.7 Å². The van der Waals surface area contributed by atoms with Crippen LogP contribution >= 0.6 is 0 Å². The number of carboxylic acid groups (broad SMARTS) is 1. The van der Waals surface area contributed by atoms with Crippen molar-refractivity contribution in [2.45, 2.75) is 0 Å². The van der Waals surface area contributed by atoms with Gasteiger partial charge >= 0.3 is 5.97 Å². The normalized spacial score (nSPS) is 8.53. The van der Waals surface area contributed by atoms with E-state index in [2.05, 4.69) is 6.58 Å². The van der Waals surface area contributed by atoms with Gasteiger partial charge in [-0.2, -0.15) is 0 Å². The van der Waals surface area contributed by atoms with Crippen molar-refractivity contribution >= 4 is 12.3 Å². The molecule has 0 amide bonds. The average Bonchev–Trinajstić information content (AvgIpc) is 2.37. The molecule has 0 fully saturated rings. The smallest absolute Gasteiger partial charge is 0.327 e. The quantitative estimate of drug-likeness (QED) is 0.593. The van der Waals surface area contributed by atoms with Gasteiger partial charge < -0.3 is 14.9 Å². The Morgan fingerprint density at radius 3 is 2.47 bits per heavy atom. The first-order chi connectivity index (χ1) is 8.15. The number of ether oxygens (including phenoxy) is 1. The minimum absolute atomic E-state index is 0.0484. The first-order valence-corrected chi connectivity index (χ1v) is 4.79. The maximum atomic E-state index is 10.4. The van der Waals surface area contributed by atoms with Gasteiger partial charge in [-0.15, -0.1) is 0 Å². The number of aliphatic hydroxyl groups is 1. The van der Waals surface area contributed by atoms with Crippen molar-refractivity contribution in [3.05, 3.63) is 42.5 Å². The Morgan fingerprint density at radius 2 is 2.00 bits per heavy atom. The predicted octanol–water partition coefficient (Wildman–Crippen LogP) is 1.13. The molecule has 0 saturated heterocycles. The van der Waals surface area contributed by atoms with Crippen molar-refractivity contribution in [2.75, 3.05) is 13.2 Å². The van der Waals surface area contributed by atoms with Crippen molar-refractivity contribution in [1.29, 1.82) is 0 Å². The van der Waals surface area contributed by atoms with Gasteiger partial charge in [0, 0.05) is 6.08 Å². The van der Waals surface area contributed by atoms with Gasteiger partial charge in [0.2, 0.25) is 0 Å². The Bertz CT molecular complexity index is 373. The lowest BCUT2D eigenvalue weighted by molar-refractivity contribution is -0.131. The summed E-state index contributed by atoms with van der Waals surface area (Å²) < 4.78 is 5.10. The number of carboxylic acids is 1. The number of para-hydroxylation sites is 1. The zero-order valence-corrected chi connectivity index (χ0v) is 9.20. The molecule has 1 rings (SSSR count). The molecule has 0 aliphatic carbocycles. The van der Waals surface area contributed by atoms with Crippen LogP contribution in [-0.2, 0) is 4.79 Å². The predicted molar refractivity (Wildman–Crippen MR) is 62.2 cm³/mol. The lowest BCUT2D eigenvalue weighted by atomic mass is 10.2. The van der Waals surface area contributed by atoms with Gasteiger partial charge in [0.15, 0.2) is 6.29 Å². The molecule has 0 aliphatic rings. The molecule has 1 aromatic carbocycles. The fourth-order valence-corrected chi connectivity index (χ4v) is 0.865. The standard InChI is InChI=1S/C9H10O3.C3H4O2/c10-5-6-12-9-4-2-1-3-8(9)7-11;1-2-3(4)5/h1-4,7,10H,5-6H2;2H,1H2,(H,4,5). The number of aliphatic carboxylic acids is 1. The maximum absolute atomic E-state index is 10.4. The van der Waals surface area contributed by atoms with Crippen molar-refractivity contribution in [3.8, 4) is 5.75 Å². The van der Waals surface area contributed by atoms with E-state index in [0.29, 0.717) is 11.3 Å². The van der Waals surface area contributed by atoms with Crippen LogP contribution in [0.5, 0.6) is 5.75 Å². The zero-order valence-electron chi connectivity index (χ0n) is 9.20. The van der Waals surface area contributed by atoms with E-state index in [1.165, 1.54) is 0 Å². The van der Waals surface area contributed by atoms with Gasteiger partial charge in [0.1, 0.15) is 12.4 Å². The fourth-order valence-electron chi connectivity index (χ4n) is 0.865. The number of rotatable bonds is 5. The molecule has 0 radical (unpaired) electrons. The molecule has 0 atom stereocenters. The highest BCUT2D eigenvalue weighted by Crippen LogP contribution is 2.14. The fraction of sp³-hybridized carbons (Fsp3) is 0.167. The van der Waals surface area contributed by atoms with Crippen LogP contribution in [0, 0.1) is 0 Å². The summed E-state index contributed by atoms with van der Waals surface area (Å²) in [6.07, 6.45) is 1.56. The average molecular weight is 238 g/mol. The summed E-state index contributed by atoms with van der Waals surface area (Å²) in [4.78, 5) is 19.7. The second-order valence-corrected chi connectivity index (χ2v) is 2.77. The third-order valence-electron chi connectivity index (χ3n) is 1.57. The van der Waals surface area contributed by atoms with Crippen molar-refractivity contribution in [1.82, 2.24) is 0 Å². The van der Waals surface area contributed by atoms with Gasteiger partial charge in [0.05, 0.1) is 12.2 Å². The highest BCUT2D eigenvalue weighted by molar-refractivity contribution is 5.79. The molecule has 1 aromatic rings. The van der Waals surface area contributed by atoms with Crippen LogP contribution in [0.25, 0.3) is 0 Å². The molecule has 5 nitrogen and oxygen atoms in total. The largest absolute Gasteiger partial charge is 0.490 e. The van der Waals surface area contributed by atoms with Crippen molar-refractivity contribution < 1.29 is 24.5 Å². The van der Waals surface area contributed by atoms with Crippen molar-refractivity contribution in [2.24, 2.45) is 0 Å². The lowest BCUT2D eigenvalue weighted by Crippen LogP contribution is -2.03. The summed E-state index contributed by atoms with van der Waals surface area (Å²) >= 11 is 0. The highest BCUT2D eigenvalue weighted by Gasteiger charge is 1.99. The van der Waals surface area contributed by atoms with E-state index >= 15 is 0 Å². The number of carbonyl (C=O) groups is 2. The van der Waals surface area contributed by atoms with Gasteiger partial charge in [-0.1, -0.05) is 18.7 Å². The van der Waals surface area contributed by atoms with Gasteiger partial charge in [-0.05, 0) is 12.1 Å². The molecule has 0 aliphatic heterocycles. The molecule has 0 heterocycles. The molecular formula is C12H14O5. The van der Waals surface area contributed by atoms with E-state index in [1.54, 1.807) is 24.3 Å². The number of benzene rings is 1. The summed E-state index contributed by atoms with van der Waals surface area (Å²) in [5.74, 6) is -0.466. The molecule has 0 saturated carbocycles. The first-order valence-electron chi connectivity index (χ1n) is 4.79. The van der Waals surface area contributed by atoms with Crippen LogP contribution in [0.1, 0.15) is 10.4 Å². The molecule has 0 bridgehead atoms. The Hall–Kier alpha value is -2.14. The lowest BCUT2D eigenvalue weighted by Gasteiger charge is -2.05. The Balaban J connectivity index is 0.000000437. The van der Waals surface area contributed by atoms with Crippen molar-refractivity contribution in [3.63, 3.8) is 0 Å². The minimum atomic E-state index is -0.981. The summed E-state index contributed by atoms with van der Waals surface area (Å²) in [6, 6.07) is 6.90. The van der Waals surface area contributed by atoms with Crippen LogP contribution in [0.3, 0.4) is 0 Å². The zero-order chi connectivity index (χ0) is 13.1. The molecule has 0 spiro atoms. The molecule has 2 N–H and O–H groups in total. The highest BCUT2D eigenvalue weighted by atomic mass is 16.5. The van der Waals surface area contributed by atoms with E-state index in [-0.39, 0.29) is 13.2 Å². The second-order valence-electron chi connectivity index (χ2n) is 2.77. The molecular weight excluding hydrogens is 224 g/mol. The summed E-state index contributed by atoms with van der Waals surface area (Å²) in [7, 11) is 0. The van der Waals surface area contributed by atoms with Gasteiger partial charge in [-0.3, -0.25) is 4.79 Å². The van der Waals surface area contributed by atoms with Crippen LogP contribution < -0.4 is 4.74 Å². The van der Waals surface area contributed by atoms with Gasteiger partial charge in [-0.25, -0.2) is 4.79 Å². The Morgan fingerprint density at radius 1 is 1.41 bits per heavy atom. The topological polar surface area (TPSA) is 83.8 Å². The number of aliphatic hydroxyl groups excluding tert-OH is 1. The number of hydrogen-bond acceptors (Lipinski definition) is 4. The Kier molecular flexibility index (Phi) is 7.97. The van der Waals surface area contributed by atoms with E-state index in [1.807, 2.05) is 0 Å². The summed E-state index contributed by atoms with van der Waals surface area (Å²) in [5.41, 5.74) is 0.506. The monoisotopic (exact) mass is 238 g/mol. The Labute approximate surface area is 99.0 Å². The first kappa shape index (κ1) is 14.9. The molecule has 0 unspecified atom stereocenters. The number of carbonyl (C=O) groups excluding carboxylic acids is 1. The van der Waals surface area contributed by atoms with E-state index < -0.39 is 5.97 Å². The number of aldehydes is 1. The number of hydrogen-bond donors (Lipinski definition) is 2. The molecule has 92 valence electrons. The van der Waals surface area contributed by atoms with Crippen LogP contribution in [0.2, 0.25) is 0 Å². The van der Waals surface area contributed by atoms with Crippen LogP contribution in [0.15, 0.2) is 36.9 Å². The third kappa shape index (κ3) is 6.86. The molecule has 5 heteroatoms. The molecule has 0 aromatic heterocycles. The van der Waals surface area contributed by atoms with Gasteiger partial charge in [0.25, 0.3) is 0 Å². The minimum Gasteiger partial charge on any atom is -0.490 e. The summed E-state index contributed by atoms with van der Waals surface area (Å²) in [6.45, 7) is 3.13. The van der Waals surface area contributed by atoms with E-state index in [9.17, 15) is 9.59 Å². The third-order valence-corrected chi connectivity index (χ3v) is 1.57. The second kappa shape index (κ2) is 9.11. The van der Waals surface area contributed by atoms with E-state index in [4.69, 9.17) is 14.9 Å². The maximum Gasteiger partial charge on any atom is 0.327 e. The SMILES string of the molecule is C=CC(=O)O.O=Cc1ccccc1OCCO. The molecule has 17 heavy (non-hydrogen) atoms. The van der Waals surface area contributed by atoms with Crippen LogP contribution in [0.4, 0.5) is 0 Å². The van der Waals surface area contributed by atoms with E-state index in [0.717, 1.165) is 12.4 Å².